The minimum atomic E-state index is -0.0845. The van der Waals surface area contributed by atoms with Crippen LogP contribution in [0.4, 0.5) is 0 Å². The van der Waals surface area contributed by atoms with Gasteiger partial charge in [0.25, 0.3) is 0 Å². The number of hydrogen-bond acceptors (Lipinski definition) is 2. The van der Waals surface area contributed by atoms with E-state index in [-0.39, 0.29) is 41.3 Å². The van der Waals surface area contributed by atoms with Gasteiger partial charge in [0.15, 0.2) is 0 Å². The SMILES string of the molecule is CC(C(=O)OCC[NH+](C)C)C(C)(C)C.[I-]. The first-order valence-electron chi connectivity index (χ1n) is 5.21. The van der Waals surface area contributed by atoms with Crippen LogP contribution < -0.4 is 28.9 Å². The van der Waals surface area contributed by atoms with Gasteiger partial charge in [0.2, 0.25) is 0 Å². The first-order chi connectivity index (χ1) is 6.25. The lowest BCUT2D eigenvalue weighted by Crippen LogP contribution is -3.06. The Hall–Kier alpha value is 0.160. The molecule has 0 radical (unpaired) electrons. The van der Waals surface area contributed by atoms with E-state index in [0.29, 0.717) is 6.61 Å². The van der Waals surface area contributed by atoms with Crippen molar-refractivity contribution in [2.24, 2.45) is 11.3 Å². The Labute approximate surface area is 111 Å². The van der Waals surface area contributed by atoms with Gasteiger partial charge in [-0.3, -0.25) is 4.79 Å². The first-order valence-corrected chi connectivity index (χ1v) is 5.21. The van der Waals surface area contributed by atoms with Gasteiger partial charge in [-0.25, -0.2) is 0 Å². The van der Waals surface area contributed by atoms with Crippen LogP contribution in [0.25, 0.3) is 0 Å². The molecule has 0 saturated heterocycles. The third-order valence-electron chi connectivity index (χ3n) is 2.50. The van der Waals surface area contributed by atoms with Gasteiger partial charge in [0.1, 0.15) is 13.2 Å². The van der Waals surface area contributed by atoms with Crippen LogP contribution in [0.2, 0.25) is 0 Å². The fourth-order valence-corrected chi connectivity index (χ4v) is 0.834. The van der Waals surface area contributed by atoms with E-state index in [2.05, 4.69) is 20.8 Å². The number of ether oxygens (including phenoxy) is 1. The predicted molar refractivity (Wildman–Crippen MR) is 57.3 cm³/mol. The van der Waals surface area contributed by atoms with Gasteiger partial charge >= 0.3 is 5.97 Å². The summed E-state index contributed by atoms with van der Waals surface area (Å²) in [6.07, 6.45) is 0. The minimum Gasteiger partial charge on any atom is -1.00 e. The number of halogens is 1. The van der Waals surface area contributed by atoms with Crippen LogP contribution in [0.3, 0.4) is 0 Å². The summed E-state index contributed by atoms with van der Waals surface area (Å²) in [6, 6.07) is 0. The monoisotopic (exact) mass is 329 g/mol. The number of esters is 1. The van der Waals surface area contributed by atoms with Crippen LogP contribution in [0.1, 0.15) is 27.7 Å². The summed E-state index contributed by atoms with van der Waals surface area (Å²) in [7, 11) is 4.09. The van der Waals surface area contributed by atoms with E-state index in [0.717, 1.165) is 6.54 Å². The maximum absolute atomic E-state index is 11.5. The summed E-state index contributed by atoms with van der Waals surface area (Å²) in [5, 5.41) is 0. The number of nitrogens with one attached hydrogen (secondary N) is 1. The van der Waals surface area contributed by atoms with Crippen molar-refractivity contribution >= 4 is 5.97 Å². The average molecular weight is 329 g/mol. The standard InChI is InChI=1S/C11H23NO2.HI/c1-9(11(2,3)4)10(13)14-8-7-12(5)6;/h9H,7-8H2,1-6H3;1H. The molecule has 0 fully saturated rings. The molecule has 0 aliphatic rings. The van der Waals surface area contributed by atoms with E-state index in [1.165, 1.54) is 4.90 Å². The zero-order chi connectivity index (χ0) is 11.4. The molecule has 0 aromatic heterocycles. The highest BCUT2D eigenvalue weighted by atomic mass is 127. The second-order valence-electron chi connectivity index (χ2n) is 5.21. The zero-order valence-electron chi connectivity index (χ0n) is 10.7. The molecule has 0 aliphatic carbocycles. The van der Waals surface area contributed by atoms with Crippen LogP contribution in [0.5, 0.6) is 0 Å². The molecular formula is C11H24INO2. The summed E-state index contributed by atoms with van der Waals surface area (Å²) in [6.45, 7) is 9.46. The molecular weight excluding hydrogens is 305 g/mol. The molecule has 1 atom stereocenters. The lowest BCUT2D eigenvalue weighted by molar-refractivity contribution is -0.858. The van der Waals surface area contributed by atoms with Gasteiger partial charge < -0.3 is 33.6 Å². The van der Waals surface area contributed by atoms with Crippen LogP contribution >= 0.6 is 0 Å². The molecule has 0 aromatic carbocycles. The predicted octanol–water partition coefficient (Wildman–Crippen LogP) is -2.64. The van der Waals surface area contributed by atoms with Crippen molar-refractivity contribution in [1.29, 1.82) is 0 Å². The summed E-state index contributed by atoms with van der Waals surface area (Å²) in [4.78, 5) is 12.8. The van der Waals surface area contributed by atoms with Crippen LogP contribution in [0.15, 0.2) is 0 Å². The second-order valence-corrected chi connectivity index (χ2v) is 5.21. The molecule has 0 aliphatic heterocycles. The second kappa shape index (κ2) is 7.44. The van der Waals surface area contributed by atoms with Crippen molar-refractivity contribution in [2.75, 3.05) is 27.2 Å². The molecule has 1 N–H and O–H groups in total. The Kier molecular flexibility index (Phi) is 8.70. The molecule has 0 heterocycles. The molecule has 1 unspecified atom stereocenters. The quantitative estimate of drug-likeness (QED) is 0.452. The van der Waals surface area contributed by atoms with E-state index in [9.17, 15) is 4.79 Å². The lowest BCUT2D eigenvalue weighted by Gasteiger charge is -2.25. The van der Waals surface area contributed by atoms with Crippen molar-refractivity contribution in [3.8, 4) is 0 Å². The first kappa shape index (κ1) is 17.6. The molecule has 0 saturated carbocycles. The van der Waals surface area contributed by atoms with Gasteiger partial charge in [0, 0.05) is 0 Å². The minimum absolute atomic E-state index is 0. The fraction of sp³-hybridized carbons (Fsp3) is 0.909. The van der Waals surface area contributed by atoms with Gasteiger partial charge in [-0.1, -0.05) is 27.7 Å². The van der Waals surface area contributed by atoms with Gasteiger partial charge in [-0.15, -0.1) is 0 Å². The third-order valence-corrected chi connectivity index (χ3v) is 2.50. The highest BCUT2D eigenvalue weighted by Gasteiger charge is 2.27. The highest BCUT2D eigenvalue weighted by Crippen LogP contribution is 2.26. The normalized spacial score (nSPS) is 13.3. The average Bonchev–Trinajstić information content (AvgIpc) is 2.00. The highest BCUT2D eigenvalue weighted by molar-refractivity contribution is 5.72. The van der Waals surface area contributed by atoms with Crippen molar-refractivity contribution < 1.29 is 38.4 Å². The number of carbonyl (C=O) groups is 1. The molecule has 0 aromatic rings. The molecule has 4 heteroatoms. The van der Waals surface area contributed by atoms with Gasteiger partial charge in [-0.05, 0) is 5.41 Å². The number of quaternary nitrogens is 1. The Morgan fingerprint density at radius 3 is 2.13 bits per heavy atom. The van der Waals surface area contributed by atoms with Crippen molar-refractivity contribution in [3.63, 3.8) is 0 Å². The molecule has 92 valence electrons. The Morgan fingerprint density at radius 2 is 1.80 bits per heavy atom. The van der Waals surface area contributed by atoms with Gasteiger partial charge in [0.05, 0.1) is 20.0 Å². The topological polar surface area (TPSA) is 30.7 Å². The van der Waals surface area contributed by atoms with Crippen LogP contribution in [0, 0.1) is 11.3 Å². The summed E-state index contributed by atoms with van der Waals surface area (Å²) in [5.41, 5.74) is -0.0118. The summed E-state index contributed by atoms with van der Waals surface area (Å²) >= 11 is 0. The number of likely N-dealkylation sites (N-methyl/N-ethyl adjacent to an activating group) is 1. The van der Waals surface area contributed by atoms with Crippen LogP contribution in [-0.2, 0) is 9.53 Å². The Bertz CT molecular complexity index is 188. The maximum Gasteiger partial charge on any atom is 0.309 e. The van der Waals surface area contributed by atoms with E-state index in [1.54, 1.807) is 0 Å². The van der Waals surface area contributed by atoms with Crippen molar-refractivity contribution in [2.45, 2.75) is 27.7 Å². The smallest absolute Gasteiger partial charge is 0.309 e. The number of carbonyl (C=O) groups excluding carboxylic acids is 1. The van der Waals surface area contributed by atoms with Crippen LogP contribution in [-0.4, -0.2) is 33.2 Å². The van der Waals surface area contributed by atoms with E-state index >= 15 is 0 Å². The molecule has 3 nitrogen and oxygen atoms in total. The number of hydrogen-bond donors (Lipinski definition) is 1. The molecule has 15 heavy (non-hydrogen) atoms. The van der Waals surface area contributed by atoms with Gasteiger partial charge in [-0.2, -0.15) is 0 Å². The molecule has 0 spiro atoms. The zero-order valence-corrected chi connectivity index (χ0v) is 12.8. The Balaban J connectivity index is 0. The lowest BCUT2D eigenvalue weighted by atomic mass is 9.82. The van der Waals surface area contributed by atoms with Crippen molar-refractivity contribution in [3.05, 3.63) is 0 Å². The number of rotatable bonds is 4. The fourth-order valence-electron chi connectivity index (χ4n) is 0.834. The van der Waals surface area contributed by atoms with E-state index < -0.39 is 0 Å². The molecule has 0 rings (SSSR count). The van der Waals surface area contributed by atoms with E-state index in [4.69, 9.17) is 4.74 Å². The maximum atomic E-state index is 11.5. The van der Waals surface area contributed by atoms with E-state index in [1.807, 2.05) is 21.0 Å². The summed E-state index contributed by atoms with van der Waals surface area (Å²) in [5.74, 6) is -0.126. The molecule has 0 bridgehead atoms. The van der Waals surface area contributed by atoms with Crippen molar-refractivity contribution in [1.82, 2.24) is 0 Å². The third kappa shape index (κ3) is 8.02. The summed E-state index contributed by atoms with van der Waals surface area (Å²) < 4.78 is 5.18. The molecule has 0 amide bonds. The Morgan fingerprint density at radius 1 is 1.33 bits per heavy atom. The largest absolute Gasteiger partial charge is 1.00 e.